The third kappa shape index (κ3) is 3.33. The molecule has 0 bridgehead atoms. The fraction of sp³-hybridized carbons (Fsp3) is 0. The largest absolute Gasteiger partial charge is 0.384 e. The van der Waals surface area contributed by atoms with Crippen LogP contribution in [0.5, 0.6) is 0 Å². The second-order valence-corrected chi connectivity index (χ2v) is 5.80. The molecule has 0 unspecified atom stereocenters. The first-order valence-corrected chi connectivity index (χ1v) is 6.93. The Labute approximate surface area is 114 Å². The van der Waals surface area contributed by atoms with Gasteiger partial charge in [-0.05, 0) is 24.3 Å². The average Bonchev–Trinajstić information content (AvgIpc) is 2.26. The molecule has 19 heavy (non-hydrogen) atoms. The number of halogens is 2. The molecule has 8 heteroatoms. The molecule has 1 heterocycles. The SMILES string of the molecule is Nc1cc(S(=O)(=O)Nc2cc(F)cc(Cl)c2)ccn1. The summed E-state index contributed by atoms with van der Waals surface area (Å²) in [7, 11) is -3.86. The van der Waals surface area contributed by atoms with E-state index in [0.29, 0.717) is 0 Å². The standard InChI is InChI=1S/C11H9ClFN3O2S/c12-7-3-8(13)5-9(4-7)16-19(17,18)10-1-2-15-11(14)6-10/h1-6,16H,(H2,14,15). The Kier molecular flexibility index (Phi) is 3.59. The van der Waals surface area contributed by atoms with E-state index >= 15 is 0 Å². The number of nitrogens with zero attached hydrogens (tertiary/aromatic N) is 1. The number of nitrogens with two attached hydrogens (primary N) is 1. The highest BCUT2D eigenvalue weighted by atomic mass is 35.5. The Morgan fingerprint density at radius 1 is 1.26 bits per heavy atom. The van der Waals surface area contributed by atoms with Crippen molar-refractivity contribution in [2.75, 3.05) is 10.5 Å². The molecule has 0 spiro atoms. The van der Waals surface area contributed by atoms with E-state index in [9.17, 15) is 12.8 Å². The molecule has 5 nitrogen and oxygen atoms in total. The van der Waals surface area contributed by atoms with E-state index in [-0.39, 0.29) is 21.4 Å². The fourth-order valence-corrected chi connectivity index (χ4v) is 2.71. The van der Waals surface area contributed by atoms with Crippen molar-refractivity contribution in [2.24, 2.45) is 0 Å². The fourth-order valence-electron chi connectivity index (χ4n) is 1.42. The maximum absolute atomic E-state index is 13.1. The first kappa shape index (κ1) is 13.6. The van der Waals surface area contributed by atoms with Crippen LogP contribution in [0.15, 0.2) is 41.4 Å². The molecular weight excluding hydrogens is 293 g/mol. The smallest absolute Gasteiger partial charge is 0.262 e. The maximum atomic E-state index is 13.1. The van der Waals surface area contributed by atoms with Gasteiger partial charge < -0.3 is 5.73 Å². The first-order valence-electron chi connectivity index (χ1n) is 5.07. The van der Waals surface area contributed by atoms with Crippen molar-refractivity contribution < 1.29 is 12.8 Å². The van der Waals surface area contributed by atoms with Crippen molar-refractivity contribution in [3.63, 3.8) is 0 Å². The van der Waals surface area contributed by atoms with Gasteiger partial charge in [-0.1, -0.05) is 11.6 Å². The predicted octanol–water partition coefficient (Wildman–Crippen LogP) is 2.26. The zero-order chi connectivity index (χ0) is 14.0. The van der Waals surface area contributed by atoms with Gasteiger partial charge in [0, 0.05) is 17.3 Å². The molecule has 0 fully saturated rings. The van der Waals surface area contributed by atoms with Gasteiger partial charge in [0.1, 0.15) is 11.6 Å². The molecule has 1 aromatic carbocycles. The number of sulfonamides is 1. The maximum Gasteiger partial charge on any atom is 0.262 e. The van der Waals surface area contributed by atoms with Crippen molar-refractivity contribution in [3.05, 3.63) is 47.4 Å². The number of hydrogen-bond donors (Lipinski definition) is 2. The minimum atomic E-state index is -3.86. The minimum Gasteiger partial charge on any atom is -0.384 e. The second kappa shape index (κ2) is 5.02. The number of aromatic nitrogens is 1. The monoisotopic (exact) mass is 301 g/mol. The summed E-state index contributed by atoms with van der Waals surface area (Å²) in [4.78, 5) is 3.62. The van der Waals surface area contributed by atoms with Crippen molar-refractivity contribution >= 4 is 33.1 Å². The van der Waals surface area contributed by atoms with Crippen LogP contribution >= 0.6 is 11.6 Å². The van der Waals surface area contributed by atoms with Crippen LogP contribution in [-0.4, -0.2) is 13.4 Å². The van der Waals surface area contributed by atoms with Crippen LogP contribution in [-0.2, 0) is 10.0 Å². The van der Waals surface area contributed by atoms with Gasteiger partial charge >= 0.3 is 0 Å². The molecular formula is C11H9ClFN3O2S. The second-order valence-electron chi connectivity index (χ2n) is 3.68. The van der Waals surface area contributed by atoms with Crippen molar-refractivity contribution in [2.45, 2.75) is 4.90 Å². The van der Waals surface area contributed by atoms with Crippen LogP contribution in [0.3, 0.4) is 0 Å². The third-order valence-corrected chi connectivity index (χ3v) is 3.77. The van der Waals surface area contributed by atoms with Crippen molar-refractivity contribution in [1.29, 1.82) is 0 Å². The topological polar surface area (TPSA) is 85.1 Å². The lowest BCUT2D eigenvalue weighted by molar-refractivity contribution is 0.601. The molecule has 0 aliphatic carbocycles. The molecule has 0 amide bonds. The van der Waals surface area contributed by atoms with Gasteiger partial charge in [-0.3, -0.25) is 4.72 Å². The Hall–Kier alpha value is -1.86. The Morgan fingerprint density at radius 3 is 2.63 bits per heavy atom. The number of nitrogens with one attached hydrogen (secondary N) is 1. The van der Waals surface area contributed by atoms with E-state index in [0.717, 1.165) is 12.1 Å². The molecule has 2 aromatic rings. The molecule has 0 saturated heterocycles. The normalized spacial score (nSPS) is 11.3. The average molecular weight is 302 g/mol. The van der Waals surface area contributed by atoms with Gasteiger partial charge in [-0.25, -0.2) is 17.8 Å². The highest BCUT2D eigenvalue weighted by Crippen LogP contribution is 2.21. The van der Waals surface area contributed by atoms with Crippen LogP contribution in [0.4, 0.5) is 15.9 Å². The summed E-state index contributed by atoms with van der Waals surface area (Å²) in [6.07, 6.45) is 1.27. The number of nitrogen functional groups attached to an aromatic ring is 1. The molecule has 1 aromatic heterocycles. The van der Waals surface area contributed by atoms with Gasteiger partial charge in [0.15, 0.2) is 0 Å². The molecule has 0 aliphatic heterocycles. The Morgan fingerprint density at radius 2 is 2.00 bits per heavy atom. The number of benzene rings is 1. The van der Waals surface area contributed by atoms with E-state index in [1.165, 1.54) is 24.4 Å². The number of hydrogen-bond acceptors (Lipinski definition) is 4. The van der Waals surface area contributed by atoms with Crippen LogP contribution in [0, 0.1) is 5.82 Å². The first-order chi connectivity index (χ1) is 8.87. The van der Waals surface area contributed by atoms with Crippen LogP contribution in [0.1, 0.15) is 0 Å². The summed E-state index contributed by atoms with van der Waals surface area (Å²) < 4.78 is 39.4. The van der Waals surface area contributed by atoms with Crippen molar-refractivity contribution in [3.8, 4) is 0 Å². The van der Waals surface area contributed by atoms with Crippen LogP contribution < -0.4 is 10.5 Å². The highest BCUT2D eigenvalue weighted by Gasteiger charge is 2.15. The molecule has 0 aliphatic rings. The van der Waals surface area contributed by atoms with E-state index in [1.807, 2.05) is 0 Å². The van der Waals surface area contributed by atoms with Crippen molar-refractivity contribution in [1.82, 2.24) is 4.98 Å². The number of pyridine rings is 1. The summed E-state index contributed by atoms with van der Waals surface area (Å²) in [5.41, 5.74) is 5.44. The zero-order valence-electron chi connectivity index (χ0n) is 9.47. The summed E-state index contributed by atoms with van der Waals surface area (Å²) in [6, 6.07) is 5.87. The minimum absolute atomic E-state index is 0.0281. The summed E-state index contributed by atoms with van der Waals surface area (Å²) in [6.45, 7) is 0. The summed E-state index contributed by atoms with van der Waals surface area (Å²) in [5, 5.41) is 0.0898. The van der Waals surface area contributed by atoms with Gasteiger partial charge in [-0.15, -0.1) is 0 Å². The lowest BCUT2D eigenvalue weighted by atomic mass is 10.3. The molecule has 0 saturated carbocycles. The van der Waals surface area contributed by atoms with E-state index in [1.54, 1.807) is 0 Å². The van der Waals surface area contributed by atoms with Crippen LogP contribution in [0.2, 0.25) is 5.02 Å². The van der Waals surface area contributed by atoms with Crippen LogP contribution in [0.25, 0.3) is 0 Å². The molecule has 100 valence electrons. The summed E-state index contributed by atoms with van der Waals surface area (Å²) in [5.74, 6) is -0.570. The summed E-state index contributed by atoms with van der Waals surface area (Å²) >= 11 is 5.65. The Bertz CT molecular complexity index is 701. The number of anilines is 2. The molecule has 0 atom stereocenters. The predicted molar refractivity (Wildman–Crippen MR) is 70.9 cm³/mol. The molecule has 0 radical (unpaired) electrons. The molecule has 2 rings (SSSR count). The van der Waals surface area contributed by atoms with Gasteiger partial charge in [0.05, 0.1) is 10.6 Å². The van der Waals surface area contributed by atoms with Gasteiger partial charge in [-0.2, -0.15) is 0 Å². The quantitative estimate of drug-likeness (QED) is 0.910. The highest BCUT2D eigenvalue weighted by molar-refractivity contribution is 7.92. The van der Waals surface area contributed by atoms with E-state index in [2.05, 4.69) is 9.71 Å². The molecule has 3 N–H and O–H groups in total. The van der Waals surface area contributed by atoms with E-state index < -0.39 is 15.8 Å². The third-order valence-electron chi connectivity index (χ3n) is 2.18. The Balaban J connectivity index is 2.36. The lowest BCUT2D eigenvalue weighted by Gasteiger charge is -2.08. The lowest BCUT2D eigenvalue weighted by Crippen LogP contribution is -2.13. The van der Waals surface area contributed by atoms with Gasteiger partial charge in [0.2, 0.25) is 0 Å². The zero-order valence-corrected chi connectivity index (χ0v) is 11.0. The number of rotatable bonds is 3. The van der Waals surface area contributed by atoms with E-state index in [4.69, 9.17) is 17.3 Å². The van der Waals surface area contributed by atoms with Gasteiger partial charge in [0.25, 0.3) is 10.0 Å².